The number of aromatic carboxylic acids is 1. The molecule has 21 heavy (non-hydrogen) atoms. The first kappa shape index (κ1) is 16.9. The Balaban J connectivity index is 3.22. The van der Waals surface area contributed by atoms with Gasteiger partial charge in [-0.25, -0.2) is 9.59 Å². The molecule has 0 aromatic heterocycles. The molecule has 0 bridgehead atoms. The van der Waals surface area contributed by atoms with Crippen LogP contribution >= 0.6 is 0 Å². The van der Waals surface area contributed by atoms with Crippen molar-refractivity contribution in [3.8, 4) is 0 Å². The number of benzene rings is 1. The van der Waals surface area contributed by atoms with Gasteiger partial charge < -0.3 is 9.84 Å². The predicted octanol–water partition coefficient (Wildman–Crippen LogP) is 2.39. The summed E-state index contributed by atoms with van der Waals surface area (Å²) in [6, 6.07) is 2.50. The van der Waals surface area contributed by atoms with E-state index in [1.165, 1.54) is 0 Å². The molecule has 0 aliphatic carbocycles. The minimum atomic E-state index is -5.13. The van der Waals surface area contributed by atoms with Crippen molar-refractivity contribution in [2.24, 2.45) is 0 Å². The third-order valence-corrected chi connectivity index (χ3v) is 3.01. The first-order chi connectivity index (χ1) is 9.40. The third kappa shape index (κ3) is 5.03. The van der Waals surface area contributed by atoms with Gasteiger partial charge in [0.05, 0.1) is 11.3 Å². The average molecular weight is 319 g/mol. The molecule has 1 amide bonds. The number of carboxylic acid groups (broad SMARTS) is 1. The van der Waals surface area contributed by atoms with E-state index in [0.29, 0.717) is 0 Å². The zero-order valence-electron chi connectivity index (χ0n) is 11.5. The van der Waals surface area contributed by atoms with Gasteiger partial charge in [-0.05, 0) is 39.0 Å². The normalized spacial score (nSPS) is 11.8. The van der Waals surface area contributed by atoms with Crippen molar-refractivity contribution in [1.29, 1.82) is 0 Å². The second kappa shape index (κ2) is 5.68. The van der Waals surface area contributed by atoms with Gasteiger partial charge in [-0.1, -0.05) is 0 Å². The van der Waals surface area contributed by atoms with E-state index in [1.807, 2.05) is 5.32 Å². The predicted molar refractivity (Wildman–Crippen MR) is 71.6 cm³/mol. The molecule has 0 radical (unpaired) electrons. The van der Waals surface area contributed by atoms with Gasteiger partial charge in [0.1, 0.15) is 10.5 Å². The summed E-state index contributed by atoms with van der Waals surface area (Å²) in [5.74, 6) is -1.36. The Morgan fingerprint density at radius 1 is 1.29 bits per heavy atom. The Bertz CT molecular complexity index is 677. The average Bonchev–Trinajstić information content (AvgIpc) is 2.24. The van der Waals surface area contributed by atoms with Gasteiger partial charge in [0.15, 0.2) is 0 Å². The molecule has 2 N–H and O–H groups in total. The summed E-state index contributed by atoms with van der Waals surface area (Å²) in [6.07, 6.45) is -1.03. The molecule has 0 heterocycles. The molecular formula is C12H14FNO6S. The number of hydrogen-bond donors (Lipinski definition) is 2. The van der Waals surface area contributed by atoms with Gasteiger partial charge in [0.25, 0.3) is 0 Å². The quantitative estimate of drug-likeness (QED) is 0.828. The lowest BCUT2D eigenvalue weighted by molar-refractivity contribution is 0.0632. The van der Waals surface area contributed by atoms with E-state index in [9.17, 15) is 21.9 Å². The molecule has 9 heteroatoms. The van der Waals surface area contributed by atoms with Gasteiger partial charge in [0.2, 0.25) is 0 Å². The molecule has 7 nitrogen and oxygen atoms in total. The summed E-state index contributed by atoms with van der Waals surface area (Å²) in [5, 5.41) is 10.9. The first-order valence-corrected chi connectivity index (χ1v) is 7.10. The number of carboxylic acids is 1. The third-order valence-electron chi connectivity index (χ3n) is 2.12. The van der Waals surface area contributed by atoms with Gasteiger partial charge in [-0.3, -0.25) is 5.32 Å². The number of rotatable bonds is 3. The summed E-state index contributed by atoms with van der Waals surface area (Å²) in [6.45, 7) is 4.73. The SMILES string of the molecule is CC(C)(C)OC(=O)Nc1cc(C(=O)O)ccc1S(=O)(=O)F. The van der Waals surface area contributed by atoms with Crippen LogP contribution < -0.4 is 5.32 Å². The van der Waals surface area contributed by atoms with Crippen LogP contribution in [0.3, 0.4) is 0 Å². The van der Waals surface area contributed by atoms with Crippen LogP contribution in [0, 0.1) is 0 Å². The molecule has 0 unspecified atom stereocenters. The van der Waals surface area contributed by atoms with Crippen LogP contribution in [0.15, 0.2) is 23.1 Å². The number of anilines is 1. The van der Waals surface area contributed by atoms with Crippen LogP contribution in [0.4, 0.5) is 14.4 Å². The number of carbonyl (C=O) groups is 2. The van der Waals surface area contributed by atoms with Crippen LogP contribution in [0.5, 0.6) is 0 Å². The van der Waals surface area contributed by atoms with Gasteiger partial charge in [-0.2, -0.15) is 8.42 Å². The Kier molecular flexibility index (Phi) is 4.57. The molecule has 0 aliphatic heterocycles. The zero-order valence-corrected chi connectivity index (χ0v) is 12.3. The summed E-state index contributed by atoms with van der Waals surface area (Å²) >= 11 is 0. The highest BCUT2D eigenvalue weighted by Crippen LogP contribution is 2.25. The van der Waals surface area contributed by atoms with E-state index in [1.54, 1.807) is 20.8 Å². The van der Waals surface area contributed by atoms with E-state index in [2.05, 4.69) is 0 Å². The van der Waals surface area contributed by atoms with E-state index >= 15 is 0 Å². The minimum absolute atomic E-state index is 0.312. The van der Waals surface area contributed by atoms with Gasteiger partial charge in [-0.15, -0.1) is 3.89 Å². The Morgan fingerprint density at radius 2 is 1.86 bits per heavy atom. The lowest BCUT2D eigenvalue weighted by Crippen LogP contribution is -2.27. The standard InChI is InChI=1S/C12H14FNO6S/c1-12(2,3)20-11(17)14-8-6-7(10(15)16)4-5-9(8)21(13,18)19/h4-6H,1-3H3,(H,14,17)(H,15,16). The summed E-state index contributed by atoms with van der Waals surface area (Å²) in [5.41, 5.74) is -1.68. The molecule has 116 valence electrons. The van der Waals surface area contributed by atoms with Crippen LogP contribution in [0.25, 0.3) is 0 Å². The van der Waals surface area contributed by atoms with Gasteiger partial charge in [0, 0.05) is 0 Å². The van der Waals surface area contributed by atoms with Crippen molar-refractivity contribution in [1.82, 2.24) is 0 Å². The monoisotopic (exact) mass is 319 g/mol. The highest BCUT2D eigenvalue weighted by atomic mass is 32.3. The number of amides is 1. The number of halogens is 1. The van der Waals surface area contributed by atoms with Crippen LogP contribution in [0.2, 0.25) is 0 Å². The second-order valence-corrected chi connectivity index (χ2v) is 6.40. The minimum Gasteiger partial charge on any atom is -0.478 e. The Hall–Kier alpha value is -2.16. The molecule has 0 atom stereocenters. The topological polar surface area (TPSA) is 110 Å². The molecular weight excluding hydrogens is 305 g/mol. The van der Waals surface area contributed by atoms with Crippen molar-refractivity contribution < 1.29 is 31.7 Å². The molecule has 1 aromatic rings. The smallest absolute Gasteiger partial charge is 0.412 e. The van der Waals surface area contributed by atoms with Crippen molar-refractivity contribution in [3.63, 3.8) is 0 Å². The molecule has 1 rings (SSSR count). The maximum Gasteiger partial charge on any atom is 0.412 e. The number of ether oxygens (including phenoxy) is 1. The molecule has 0 spiro atoms. The van der Waals surface area contributed by atoms with E-state index < -0.39 is 38.5 Å². The van der Waals surface area contributed by atoms with Crippen LogP contribution in [-0.2, 0) is 15.0 Å². The van der Waals surface area contributed by atoms with Crippen molar-refractivity contribution in [2.75, 3.05) is 5.32 Å². The van der Waals surface area contributed by atoms with E-state index in [4.69, 9.17) is 9.84 Å². The van der Waals surface area contributed by atoms with E-state index in [0.717, 1.165) is 18.2 Å². The Morgan fingerprint density at radius 3 is 2.29 bits per heavy atom. The fourth-order valence-corrected chi connectivity index (χ4v) is 1.99. The number of carbonyl (C=O) groups excluding carboxylic acids is 1. The maximum absolute atomic E-state index is 13.1. The maximum atomic E-state index is 13.1. The summed E-state index contributed by atoms with van der Waals surface area (Å²) in [4.78, 5) is 21.6. The van der Waals surface area contributed by atoms with Crippen molar-refractivity contribution >= 4 is 28.0 Å². The zero-order chi connectivity index (χ0) is 16.4. The molecule has 0 saturated carbocycles. The first-order valence-electron chi connectivity index (χ1n) is 5.72. The lowest BCUT2D eigenvalue weighted by Gasteiger charge is -2.20. The summed E-state index contributed by atoms with van der Waals surface area (Å²) < 4.78 is 40.0. The molecule has 0 fully saturated rings. The molecule has 1 aromatic carbocycles. The van der Waals surface area contributed by atoms with Crippen molar-refractivity contribution in [2.45, 2.75) is 31.3 Å². The second-order valence-electron chi connectivity index (χ2n) is 5.08. The van der Waals surface area contributed by atoms with Crippen molar-refractivity contribution in [3.05, 3.63) is 23.8 Å². The van der Waals surface area contributed by atoms with Crippen LogP contribution in [-0.4, -0.2) is 31.2 Å². The molecule has 0 aliphatic rings. The summed E-state index contributed by atoms with van der Waals surface area (Å²) in [7, 11) is -5.13. The number of hydrogen-bond acceptors (Lipinski definition) is 5. The highest BCUT2D eigenvalue weighted by molar-refractivity contribution is 7.86. The molecule has 0 saturated heterocycles. The highest BCUT2D eigenvalue weighted by Gasteiger charge is 2.23. The Labute approximate surface area is 120 Å². The largest absolute Gasteiger partial charge is 0.478 e. The van der Waals surface area contributed by atoms with E-state index in [-0.39, 0.29) is 5.56 Å². The van der Waals surface area contributed by atoms with Crippen LogP contribution in [0.1, 0.15) is 31.1 Å². The number of nitrogens with one attached hydrogen (secondary N) is 1. The fourth-order valence-electron chi connectivity index (χ4n) is 1.39. The lowest BCUT2D eigenvalue weighted by atomic mass is 10.2. The fraction of sp³-hybridized carbons (Fsp3) is 0.333. The van der Waals surface area contributed by atoms with Gasteiger partial charge >= 0.3 is 22.3 Å².